The SMILES string of the molecule is CCCCCCCCCCc1cc(Nc2nc(Nc3cc(CCCCCCCCCC)c(CCCCCCCCCC)c(CCCCCCCCCC)c3)nc(-c3cc[c]cc3)n2)cc(CCCCCCCCCC)c1CCCCCCCCCC. The molecule has 5 nitrogen and oxygen atoms in total. The highest BCUT2D eigenvalue weighted by atomic mass is 15.2. The topological polar surface area (TPSA) is 62.7 Å². The first-order valence-electron chi connectivity index (χ1n) is 38.1. The summed E-state index contributed by atoms with van der Waals surface area (Å²) in [4.78, 5) is 15.8. The molecule has 0 spiro atoms. The van der Waals surface area contributed by atoms with Gasteiger partial charge in [0.05, 0.1) is 0 Å². The number of benzene rings is 3. The maximum atomic E-state index is 5.32. The average Bonchev–Trinajstić information content (AvgIpc) is 3.71. The second-order valence-electron chi connectivity index (χ2n) is 26.7. The van der Waals surface area contributed by atoms with E-state index in [1.165, 1.54) is 321 Å². The summed E-state index contributed by atoms with van der Waals surface area (Å²) in [5.41, 5.74) is 12.8. The molecule has 0 unspecified atom stereocenters. The van der Waals surface area contributed by atoms with Crippen LogP contribution in [0.5, 0.6) is 0 Å². The zero-order valence-corrected chi connectivity index (χ0v) is 57.6. The van der Waals surface area contributed by atoms with E-state index in [-0.39, 0.29) is 0 Å². The number of anilines is 4. The normalized spacial score (nSPS) is 11.6. The first-order valence-corrected chi connectivity index (χ1v) is 38.1. The van der Waals surface area contributed by atoms with Crippen LogP contribution in [-0.4, -0.2) is 15.0 Å². The molecule has 0 aliphatic carbocycles. The molecule has 0 saturated carbocycles. The van der Waals surface area contributed by atoms with Crippen molar-refractivity contribution in [2.24, 2.45) is 0 Å². The average molecular weight is 1180 g/mol. The van der Waals surface area contributed by atoms with Crippen LogP contribution in [0.15, 0.2) is 48.5 Å². The molecular formula is C81H136N5. The molecule has 485 valence electrons. The van der Waals surface area contributed by atoms with Crippen LogP contribution in [0.1, 0.15) is 383 Å². The molecule has 1 aromatic heterocycles. The molecule has 1 radical (unpaired) electrons. The summed E-state index contributed by atoms with van der Waals surface area (Å²) < 4.78 is 0. The summed E-state index contributed by atoms with van der Waals surface area (Å²) in [5.74, 6) is 1.91. The Morgan fingerprint density at radius 2 is 0.488 bits per heavy atom. The van der Waals surface area contributed by atoms with Crippen LogP contribution in [0, 0.1) is 6.07 Å². The summed E-state index contributed by atoms with van der Waals surface area (Å²) in [7, 11) is 0. The third-order valence-electron chi connectivity index (χ3n) is 18.8. The van der Waals surface area contributed by atoms with Gasteiger partial charge in [-0.2, -0.15) is 15.0 Å². The van der Waals surface area contributed by atoms with Crippen molar-refractivity contribution in [3.05, 3.63) is 88.0 Å². The van der Waals surface area contributed by atoms with Gasteiger partial charge < -0.3 is 10.6 Å². The minimum atomic E-state index is 0.613. The minimum absolute atomic E-state index is 0.613. The summed E-state index contributed by atoms with van der Waals surface area (Å²) >= 11 is 0. The zero-order valence-electron chi connectivity index (χ0n) is 57.6. The fourth-order valence-electron chi connectivity index (χ4n) is 13.4. The second-order valence-corrected chi connectivity index (χ2v) is 26.7. The molecule has 1 heterocycles. The molecule has 0 aliphatic heterocycles. The molecular weight excluding hydrogens is 1040 g/mol. The van der Waals surface area contributed by atoms with Crippen molar-refractivity contribution in [1.82, 2.24) is 15.0 Å². The van der Waals surface area contributed by atoms with Gasteiger partial charge in [-0.3, -0.25) is 0 Å². The third-order valence-corrected chi connectivity index (χ3v) is 18.8. The predicted molar refractivity (Wildman–Crippen MR) is 381 cm³/mol. The van der Waals surface area contributed by atoms with Gasteiger partial charge in [-0.05, 0) is 141 Å². The van der Waals surface area contributed by atoms with Crippen LogP contribution in [0.3, 0.4) is 0 Å². The highest BCUT2D eigenvalue weighted by Crippen LogP contribution is 2.33. The molecule has 0 bridgehead atoms. The Balaban J connectivity index is 1.73. The lowest BCUT2D eigenvalue weighted by Crippen LogP contribution is -2.09. The van der Waals surface area contributed by atoms with Crippen LogP contribution in [-0.2, 0) is 38.5 Å². The van der Waals surface area contributed by atoms with Crippen molar-refractivity contribution >= 4 is 23.3 Å². The molecule has 2 N–H and O–H groups in total. The van der Waals surface area contributed by atoms with Gasteiger partial charge in [0, 0.05) is 16.9 Å². The Labute approximate surface area is 533 Å². The van der Waals surface area contributed by atoms with E-state index in [1.54, 1.807) is 33.4 Å². The van der Waals surface area contributed by atoms with E-state index in [0.29, 0.717) is 17.7 Å². The van der Waals surface area contributed by atoms with Gasteiger partial charge in [0.2, 0.25) is 11.9 Å². The lowest BCUT2D eigenvalue weighted by Gasteiger charge is -2.20. The van der Waals surface area contributed by atoms with Crippen molar-refractivity contribution < 1.29 is 0 Å². The second kappa shape index (κ2) is 52.1. The van der Waals surface area contributed by atoms with E-state index >= 15 is 0 Å². The Morgan fingerprint density at radius 3 is 0.733 bits per heavy atom. The number of rotatable bonds is 59. The van der Waals surface area contributed by atoms with Gasteiger partial charge in [0.25, 0.3) is 0 Å². The maximum absolute atomic E-state index is 5.32. The number of hydrogen-bond acceptors (Lipinski definition) is 5. The molecule has 0 saturated heterocycles. The molecule has 86 heavy (non-hydrogen) atoms. The van der Waals surface area contributed by atoms with Gasteiger partial charge in [-0.25, -0.2) is 0 Å². The first kappa shape index (κ1) is 74.7. The Hall–Kier alpha value is -3.73. The molecule has 5 heteroatoms. The number of hydrogen-bond donors (Lipinski definition) is 2. The van der Waals surface area contributed by atoms with Crippen LogP contribution in [0.2, 0.25) is 0 Å². The number of aromatic nitrogens is 3. The van der Waals surface area contributed by atoms with Crippen molar-refractivity contribution in [2.45, 2.75) is 388 Å². The Kier molecular flexibility index (Phi) is 45.3. The van der Waals surface area contributed by atoms with Gasteiger partial charge in [0.1, 0.15) is 0 Å². The van der Waals surface area contributed by atoms with Gasteiger partial charge >= 0.3 is 0 Å². The van der Waals surface area contributed by atoms with E-state index in [4.69, 9.17) is 15.0 Å². The fourth-order valence-corrected chi connectivity index (χ4v) is 13.4. The lowest BCUT2D eigenvalue weighted by atomic mass is 9.89. The molecule has 4 aromatic rings. The van der Waals surface area contributed by atoms with Crippen molar-refractivity contribution in [3.63, 3.8) is 0 Å². The first-order chi connectivity index (χ1) is 42.5. The molecule has 3 aromatic carbocycles. The van der Waals surface area contributed by atoms with Crippen LogP contribution in [0.4, 0.5) is 23.3 Å². The highest BCUT2D eigenvalue weighted by Gasteiger charge is 2.18. The molecule has 0 amide bonds. The van der Waals surface area contributed by atoms with E-state index < -0.39 is 0 Å². The van der Waals surface area contributed by atoms with E-state index in [2.05, 4.69) is 94.6 Å². The lowest BCUT2D eigenvalue weighted by molar-refractivity contribution is 0.567. The Bertz CT molecular complexity index is 1980. The monoisotopic (exact) mass is 1180 g/mol. The minimum Gasteiger partial charge on any atom is -0.324 e. The van der Waals surface area contributed by atoms with E-state index in [1.807, 2.05) is 12.1 Å². The summed E-state index contributed by atoms with van der Waals surface area (Å²) in [6.07, 6.45) is 71.8. The Morgan fingerprint density at radius 1 is 0.267 bits per heavy atom. The summed E-state index contributed by atoms with van der Waals surface area (Å²) in [6.45, 7) is 14.0. The van der Waals surface area contributed by atoms with Gasteiger partial charge in [-0.1, -0.05) is 335 Å². The summed E-state index contributed by atoms with van der Waals surface area (Å²) in [6, 6.07) is 21.4. The van der Waals surface area contributed by atoms with Crippen molar-refractivity contribution in [3.8, 4) is 11.4 Å². The standard InChI is InChI=1S/C81H136N5/c1-7-13-19-25-31-37-43-50-60-71-66-75(67-72(61-51-44-38-32-26-20-14-8-2)77(71)64-56-47-41-35-29-23-17-11-5)82-80-84-79(70-58-54-49-55-59-70)85-81(86-80)83-76-68-73(62-52-45-39-33-27-21-15-9-3)78(65-57-48-42-36-30-24-18-12-6)74(69-76)63-53-46-40-34-28-22-16-10-4/h54-55,58-59,66-69H,7-48,50-53,56-57,60-65H2,1-6H3,(H2,82,83,84,85,86). The molecule has 0 fully saturated rings. The zero-order chi connectivity index (χ0) is 61.0. The molecule has 0 aliphatic rings. The predicted octanol–water partition coefficient (Wildman–Crippen LogP) is 26.9. The van der Waals surface area contributed by atoms with Crippen LogP contribution < -0.4 is 10.6 Å². The third kappa shape index (κ3) is 34.9. The number of nitrogens with zero attached hydrogens (tertiary/aromatic N) is 3. The molecule has 4 rings (SSSR count). The number of unbranched alkanes of at least 4 members (excludes halogenated alkanes) is 42. The van der Waals surface area contributed by atoms with Crippen LogP contribution in [0.25, 0.3) is 11.4 Å². The number of nitrogens with one attached hydrogen (secondary N) is 2. The quantitative estimate of drug-likeness (QED) is 0.0431. The number of aryl methyl sites for hydroxylation is 4. The fraction of sp³-hybridized carbons (Fsp3) is 0.741. The largest absolute Gasteiger partial charge is 0.324 e. The smallest absolute Gasteiger partial charge is 0.232 e. The van der Waals surface area contributed by atoms with Crippen molar-refractivity contribution in [1.29, 1.82) is 0 Å². The van der Waals surface area contributed by atoms with E-state index in [0.717, 1.165) is 42.6 Å². The maximum Gasteiger partial charge on any atom is 0.232 e. The van der Waals surface area contributed by atoms with Crippen LogP contribution >= 0.6 is 0 Å². The van der Waals surface area contributed by atoms with Gasteiger partial charge in [-0.15, -0.1) is 0 Å². The summed E-state index contributed by atoms with van der Waals surface area (Å²) in [5, 5.41) is 7.78. The van der Waals surface area contributed by atoms with Gasteiger partial charge in [0.15, 0.2) is 5.82 Å². The van der Waals surface area contributed by atoms with Crippen molar-refractivity contribution in [2.75, 3.05) is 10.6 Å². The highest BCUT2D eigenvalue weighted by molar-refractivity contribution is 5.66. The molecule has 0 atom stereocenters. The van der Waals surface area contributed by atoms with E-state index in [9.17, 15) is 0 Å².